The van der Waals surface area contributed by atoms with Gasteiger partial charge in [-0.05, 0) is 23.1 Å². The van der Waals surface area contributed by atoms with Gasteiger partial charge >= 0.3 is 5.97 Å². The second kappa shape index (κ2) is 7.27. The Morgan fingerprint density at radius 3 is 2.62 bits per heavy atom. The van der Waals surface area contributed by atoms with Gasteiger partial charge < -0.3 is 15.9 Å². The zero-order chi connectivity index (χ0) is 18.8. The number of carboxylic acids is 1. The van der Waals surface area contributed by atoms with Crippen molar-refractivity contribution in [3.8, 4) is 0 Å². The summed E-state index contributed by atoms with van der Waals surface area (Å²) in [7, 11) is 0. The van der Waals surface area contributed by atoms with Gasteiger partial charge in [0.2, 0.25) is 0 Å². The van der Waals surface area contributed by atoms with E-state index in [-0.39, 0.29) is 11.9 Å². The van der Waals surface area contributed by atoms with Gasteiger partial charge in [0.1, 0.15) is 12.1 Å². The van der Waals surface area contributed by atoms with Crippen molar-refractivity contribution in [2.45, 2.75) is 38.0 Å². The average Bonchev–Trinajstić information content (AvgIpc) is 2.95. The molecule has 6 nitrogen and oxygen atoms in total. The molecule has 2 aromatic carbocycles. The van der Waals surface area contributed by atoms with Crippen molar-refractivity contribution in [1.29, 1.82) is 5.41 Å². The SMILES string of the molecule is CCCC(C(=O)O)c1ccc2c(c1)C(O)NC2c1ccccc1C(=N)N. The van der Waals surface area contributed by atoms with Crippen molar-refractivity contribution >= 4 is 11.8 Å². The van der Waals surface area contributed by atoms with Crippen LogP contribution in [0.25, 0.3) is 0 Å². The molecule has 6 N–H and O–H groups in total. The van der Waals surface area contributed by atoms with Crippen LogP contribution in [0.2, 0.25) is 0 Å². The first-order valence-electron chi connectivity index (χ1n) is 8.68. The van der Waals surface area contributed by atoms with E-state index in [4.69, 9.17) is 11.1 Å². The number of fused-ring (bicyclic) bond motifs is 1. The molecule has 0 spiro atoms. The maximum absolute atomic E-state index is 11.6. The minimum atomic E-state index is -0.897. The van der Waals surface area contributed by atoms with Gasteiger partial charge in [-0.25, -0.2) is 0 Å². The van der Waals surface area contributed by atoms with Crippen LogP contribution in [0.15, 0.2) is 42.5 Å². The smallest absolute Gasteiger partial charge is 0.310 e. The fourth-order valence-corrected chi connectivity index (χ4v) is 3.62. The summed E-state index contributed by atoms with van der Waals surface area (Å²) in [4.78, 5) is 11.6. The lowest BCUT2D eigenvalue weighted by Crippen LogP contribution is -2.22. The number of nitrogens with one attached hydrogen (secondary N) is 2. The molecule has 0 amide bonds. The molecule has 0 fully saturated rings. The van der Waals surface area contributed by atoms with Gasteiger partial charge in [-0.1, -0.05) is 55.8 Å². The highest BCUT2D eigenvalue weighted by molar-refractivity contribution is 5.96. The number of carboxylic acid groups (broad SMARTS) is 1. The number of benzene rings is 2. The third-order valence-corrected chi connectivity index (χ3v) is 4.88. The first-order chi connectivity index (χ1) is 12.4. The molecule has 1 aliphatic rings. The largest absolute Gasteiger partial charge is 0.481 e. The highest BCUT2D eigenvalue weighted by Gasteiger charge is 2.32. The predicted molar refractivity (Wildman–Crippen MR) is 99.1 cm³/mol. The number of aliphatic carboxylic acids is 1. The lowest BCUT2D eigenvalue weighted by Gasteiger charge is -2.17. The molecule has 3 unspecified atom stereocenters. The van der Waals surface area contributed by atoms with E-state index in [0.29, 0.717) is 23.1 Å². The van der Waals surface area contributed by atoms with E-state index in [0.717, 1.165) is 17.5 Å². The summed E-state index contributed by atoms with van der Waals surface area (Å²) in [5, 5.41) is 30.9. The van der Waals surface area contributed by atoms with Crippen LogP contribution in [0.1, 0.15) is 65.8 Å². The Hall–Kier alpha value is -2.70. The minimum absolute atomic E-state index is 0.0316. The average molecular weight is 353 g/mol. The van der Waals surface area contributed by atoms with E-state index in [9.17, 15) is 15.0 Å². The van der Waals surface area contributed by atoms with Gasteiger partial charge in [0, 0.05) is 11.1 Å². The molecular weight excluding hydrogens is 330 g/mol. The van der Waals surface area contributed by atoms with E-state index in [2.05, 4.69) is 5.32 Å². The van der Waals surface area contributed by atoms with Crippen LogP contribution < -0.4 is 11.1 Å². The van der Waals surface area contributed by atoms with Gasteiger partial charge in [0.05, 0.1) is 12.0 Å². The summed E-state index contributed by atoms with van der Waals surface area (Å²) in [6, 6.07) is 12.5. The number of nitrogen functional groups attached to an aromatic ring is 1. The van der Waals surface area contributed by atoms with E-state index in [1.54, 1.807) is 12.1 Å². The topological polar surface area (TPSA) is 119 Å². The molecule has 6 heteroatoms. The second-order valence-electron chi connectivity index (χ2n) is 6.57. The van der Waals surface area contributed by atoms with Crippen molar-refractivity contribution < 1.29 is 15.0 Å². The Bertz CT molecular complexity index is 850. The lowest BCUT2D eigenvalue weighted by molar-refractivity contribution is -0.139. The summed E-state index contributed by atoms with van der Waals surface area (Å²) >= 11 is 0. The molecule has 26 heavy (non-hydrogen) atoms. The number of carbonyl (C=O) groups is 1. The van der Waals surface area contributed by atoms with Gasteiger partial charge in [0.25, 0.3) is 0 Å². The van der Waals surface area contributed by atoms with Gasteiger partial charge in [-0.3, -0.25) is 15.5 Å². The molecule has 1 heterocycles. The number of aliphatic hydroxyl groups excluding tert-OH is 1. The van der Waals surface area contributed by atoms with Crippen molar-refractivity contribution in [3.63, 3.8) is 0 Å². The summed E-state index contributed by atoms with van der Waals surface area (Å²) in [5.41, 5.74) is 9.36. The Morgan fingerprint density at radius 2 is 1.96 bits per heavy atom. The van der Waals surface area contributed by atoms with Crippen molar-refractivity contribution in [2.24, 2.45) is 5.73 Å². The maximum atomic E-state index is 11.6. The third-order valence-electron chi connectivity index (χ3n) is 4.88. The zero-order valence-electron chi connectivity index (χ0n) is 14.6. The molecule has 0 saturated heterocycles. The van der Waals surface area contributed by atoms with E-state index in [1.165, 1.54) is 0 Å². The highest BCUT2D eigenvalue weighted by Crippen LogP contribution is 2.39. The molecule has 0 radical (unpaired) electrons. The molecular formula is C20H23N3O3. The molecule has 0 saturated carbocycles. The number of rotatable bonds is 6. The number of nitrogens with two attached hydrogens (primary N) is 1. The van der Waals surface area contributed by atoms with Gasteiger partial charge in [0.15, 0.2) is 0 Å². The molecule has 136 valence electrons. The number of hydrogen-bond acceptors (Lipinski definition) is 4. The molecule has 3 atom stereocenters. The second-order valence-corrected chi connectivity index (χ2v) is 6.57. The number of hydrogen-bond donors (Lipinski definition) is 5. The summed E-state index contributed by atoms with van der Waals surface area (Å²) in [6.07, 6.45) is 0.420. The van der Waals surface area contributed by atoms with Crippen LogP contribution in [0, 0.1) is 5.41 Å². The lowest BCUT2D eigenvalue weighted by atomic mass is 9.89. The Labute approximate surface area is 152 Å². The normalized spacial score (nSPS) is 19.8. The molecule has 0 aliphatic carbocycles. The zero-order valence-corrected chi connectivity index (χ0v) is 14.6. The fraction of sp³-hybridized carbons (Fsp3) is 0.300. The summed E-state index contributed by atoms with van der Waals surface area (Å²) in [5.74, 6) is -1.47. The van der Waals surface area contributed by atoms with Crippen LogP contribution in [0.5, 0.6) is 0 Å². The van der Waals surface area contributed by atoms with Crippen LogP contribution >= 0.6 is 0 Å². The standard InChI is InChI=1S/C20H23N3O3/c1-2-5-12(20(25)26)11-8-9-14-16(10-11)19(24)23-17(14)13-6-3-4-7-15(13)18(21)22/h3-4,6-10,12,17,19,23-24H,2,5H2,1H3,(H3,21,22)(H,25,26). The monoisotopic (exact) mass is 353 g/mol. The van der Waals surface area contributed by atoms with Crippen LogP contribution in [-0.2, 0) is 4.79 Å². The molecule has 0 bridgehead atoms. The van der Waals surface area contributed by atoms with Crippen LogP contribution in [0.4, 0.5) is 0 Å². The Morgan fingerprint density at radius 1 is 1.23 bits per heavy atom. The van der Waals surface area contributed by atoms with Crippen molar-refractivity contribution in [3.05, 3.63) is 70.3 Å². The first kappa shape index (κ1) is 18.1. The Kier molecular flexibility index (Phi) is 5.06. The first-order valence-corrected chi connectivity index (χ1v) is 8.68. The van der Waals surface area contributed by atoms with E-state index in [1.807, 2.05) is 37.3 Å². The maximum Gasteiger partial charge on any atom is 0.310 e. The molecule has 1 aliphatic heterocycles. The minimum Gasteiger partial charge on any atom is -0.481 e. The van der Waals surface area contributed by atoms with Gasteiger partial charge in [-0.15, -0.1) is 0 Å². The van der Waals surface area contributed by atoms with Crippen LogP contribution in [0.3, 0.4) is 0 Å². The molecule has 3 rings (SSSR count). The Balaban J connectivity index is 2.03. The quantitative estimate of drug-likeness (QED) is 0.404. The van der Waals surface area contributed by atoms with E-state index >= 15 is 0 Å². The van der Waals surface area contributed by atoms with Gasteiger partial charge in [-0.2, -0.15) is 0 Å². The summed E-state index contributed by atoms with van der Waals surface area (Å²) in [6.45, 7) is 1.95. The van der Waals surface area contributed by atoms with Crippen molar-refractivity contribution in [1.82, 2.24) is 5.32 Å². The third kappa shape index (κ3) is 3.21. The van der Waals surface area contributed by atoms with E-state index < -0.39 is 18.1 Å². The number of amidine groups is 1. The highest BCUT2D eigenvalue weighted by atomic mass is 16.4. The molecule has 2 aromatic rings. The predicted octanol–water partition coefficient (Wildman–Crippen LogP) is 2.62. The molecule has 0 aromatic heterocycles. The summed E-state index contributed by atoms with van der Waals surface area (Å²) < 4.78 is 0. The van der Waals surface area contributed by atoms with Crippen LogP contribution in [-0.4, -0.2) is 22.0 Å². The number of aliphatic hydroxyl groups is 1. The fourth-order valence-electron chi connectivity index (χ4n) is 3.62. The van der Waals surface area contributed by atoms with Crippen molar-refractivity contribution in [2.75, 3.05) is 0 Å².